The van der Waals surface area contributed by atoms with Gasteiger partial charge in [0.1, 0.15) is 11.8 Å². The van der Waals surface area contributed by atoms with E-state index < -0.39 is 18.1 Å². The Morgan fingerprint density at radius 1 is 1.00 bits per heavy atom. The molecule has 0 saturated carbocycles. The van der Waals surface area contributed by atoms with Crippen LogP contribution in [0.15, 0.2) is 48.7 Å². The first kappa shape index (κ1) is 29.1. The van der Waals surface area contributed by atoms with Crippen LogP contribution < -0.4 is 20.3 Å². The van der Waals surface area contributed by atoms with E-state index in [0.717, 1.165) is 11.3 Å². The van der Waals surface area contributed by atoms with Crippen molar-refractivity contribution in [3.8, 4) is 5.75 Å². The Morgan fingerprint density at radius 2 is 1.72 bits per heavy atom. The van der Waals surface area contributed by atoms with Crippen molar-refractivity contribution < 1.29 is 19.4 Å². The number of hydrogen-bond acceptors (Lipinski definition) is 10. The number of carboxylic acid groups (broad SMARTS) is 1. The first-order valence-corrected chi connectivity index (χ1v) is 12.7. The molecule has 1 aromatic carbocycles. The predicted molar refractivity (Wildman–Crippen MR) is 149 cm³/mol. The van der Waals surface area contributed by atoms with E-state index in [1.54, 1.807) is 44.6 Å². The van der Waals surface area contributed by atoms with Gasteiger partial charge in [-0.1, -0.05) is 32.0 Å². The Bertz CT molecular complexity index is 1220. The smallest absolute Gasteiger partial charge is 0.414 e. The van der Waals surface area contributed by atoms with Gasteiger partial charge < -0.3 is 30.3 Å². The number of pyridine rings is 1. The molecule has 1 atom stereocenters. The van der Waals surface area contributed by atoms with Gasteiger partial charge in [0.2, 0.25) is 17.8 Å². The summed E-state index contributed by atoms with van der Waals surface area (Å²) in [5.74, 6) is 0.590. The Kier molecular flexibility index (Phi) is 10.4. The van der Waals surface area contributed by atoms with Gasteiger partial charge in [-0.2, -0.15) is 15.0 Å². The normalized spacial score (nSPS) is 11.5. The first-order chi connectivity index (χ1) is 18.6. The van der Waals surface area contributed by atoms with Gasteiger partial charge in [0.05, 0.1) is 0 Å². The summed E-state index contributed by atoms with van der Waals surface area (Å²) in [5, 5.41) is 16.1. The Hall–Kier alpha value is -4.48. The highest BCUT2D eigenvalue weighted by Gasteiger charge is 2.21. The number of aromatic nitrogens is 4. The van der Waals surface area contributed by atoms with E-state index in [9.17, 15) is 14.7 Å². The van der Waals surface area contributed by atoms with Crippen LogP contribution in [-0.4, -0.2) is 82.3 Å². The van der Waals surface area contributed by atoms with Crippen LogP contribution >= 0.6 is 0 Å². The third-order valence-corrected chi connectivity index (χ3v) is 5.60. The van der Waals surface area contributed by atoms with Crippen molar-refractivity contribution in [2.45, 2.75) is 32.7 Å². The van der Waals surface area contributed by atoms with E-state index in [0.29, 0.717) is 43.1 Å². The van der Waals surface area contributed by atoms with Crippen LogP contribution in [0.1, 0.15) is 25.1 Å². The maximum Gasteiger partial charge on any atom is 0.414 e. The number of likely N-dealkylation sites (N-methyl/N-ethyl adjacent to an activating group) is 1. The monoisotopic (exact) mass is 536 g/mol. The van der Waals surface area contributed by atoms with Crippen molar-refractivity contribution in [3.05, 3.63) is 59.9 Å². The number of carbonyl (C=O) groups is 2. The molecule has 0 bridgehead atoms. The van der Waals surface area contributed by atoms with Gasteiger partial charge in [0.15, 0.2) is 0 Å². The fraction of sp³-hybridized carbons (Fsp3) is 0.407. The highest BCUT2D eigenvalue weighted by Crippen LogP contribution is 2.18. The third-order valence-electron chi connectivity index (χ3n) is 5.60. The fourth-order valence-corrected chi connectivity index (χ4v) is 3.38. The lowest BCUT2D eigenvalue weighted by Crippen LogP contribution is -2.33. The van der Waals surface area contributed by atoms with E-state index in [1.165, 1.54) is 4.90 Å². The van der Waals surface area contributed by atoms with Crippen molar-refractivity contribution in [1.82, 2.24) is 24.8 Å². The quantitative estimate of drug-likeness (QED) is 0.296. The summed E-state index contributed by atoms with van der Waals surface area (Å²) in [4.78, 5) is 44.9. The molecule has 3 N–H and O–H groups in total. The Labute approximate surface area is 228 Å². The van der Waals surface area contributed by atoms with Gasteiger partial charge in [-0.3, -0.25) is 4.98 Å². The first-order valence-electron chi connectivity index (χ1n) is 12.7. The molecule has 208 valence electrons. The topological polar surface area (TPSA) is 146 Å². The molecule has 2 heterocycles. The van der Waals surface area contributed by atoms with Gasteiger partial charge in [0.25, 0.3) is 0 Å². The number of amides is 1. The maximum absolute atomic E-state index is 12.1. The highest BCUT2D eigenvalue weighted by atomic mass is 16.6. The minimum absolute atomic E-state index is 0.153. The third kappa shape index (κ3) is 9.40. The minimum atomic E-state index is -1.06. The number of ether oxygens (including phenoxy) is 1. The number of rotatable bonds is 13. The molecule has 0 aliphatic rings. The Balaban J connectivity index is 1.76. The van der Waals surface area contributed by atoms with Crippen molar-refractivity contribution in [2.75, 3.05) is 49.8 Å². The van der Waals surface area contributed by atoms with E-state index in [2.05, 4.69) is 44.4 Å². The lowest BCUT2D eigenvalue weighted by molar-refractivity contribution is -0.137. The SMILES string of the molecule is CC(C)CNc1nc(N[C@@H](Cc2ccc(OC(=O)N(C)C)cc2)C(=O)O)nc(N(C)CCc2ccccn2)n1. The molecule has 12 heteroatoms. The van der Waals surface area contributed by atoms with Crippen LogP contribution in [0, 0.1) is 5.92 Å². The molecule has 0 aliphatic heterocycles. The molecule has 3 rings (SSSR count). The van der Waals surface area contributed by atoms with E-state index >= 15 is 0 Å². The second-order valence-corrected chi connectivity index (χ2v) is 9.70. The molecule has 0 radical (unpaired) electrons. The van der Waals surface area contributed by atoms with Crippen LogP contribution in [0.5, 0.6) is 5.75 Å². The van der Waals surface area contributed by atoms with E-state index in [-0.39, 0.29) is 12.4 Å². The molecule has 0 spiro atoms. The number of anilines is 3. The van der Waals surface area contributed by atoms with Crippen molar-refractivity contribution in [1.29, 1.82) is 0 Å². The zero-order valence-corrected chi connectivity index (χ0v) is 23.0. The van der Waals surface area contributed by atoms with Crippen molar-refractivity contribution in [2.24, 2.45) is 5.92 Å². The average molecular weight is 537 g/mol. The lowest BCUT2D eigenvalue weighted by atomic mass is 10.1. The lowest BCUT2D eigenvalue weighted by Gasteiger charge is -2.20. The molecular weight excluding hydrogens is 500 g/mol. The van der Waals surface area contributed by atoms with Crippen LogP contribution in [0.3, 0.4) is 0 Å². The molecule has 0 saturated heterocycles. The molecule has 39 heavy (non-hydrogen) atoms. The van der Waals surface area contributed by atoms with E-state index in [4.69, 9.17) is 4.74 Å². The maximum atomic E-state index is 12.1. The summed E-state index contributed by atoms with van der Waals surface area (Å²) in [6.45, 7) is 5.39. The van der Waals surface area contributed by atoms with Gasteiger partial charge in [-0.25, -0.2) is 9.59 Å². The largest absolute Gasteiger partial charge is 0.480 e. The van der Waals surface area contributed by atoms with Gasteiger partial charge >= 0.3 is 12.1 Å². The van der Waals surface area contributed by atoms with Crippen LogP contribution in [0.4, 0.5) is 22.6 Å². The molecule has 12 nitrogen and oxygen atoms in total. The standard InChI is InChI=1S/C27H36N8O4/c1-18(2)17-29-24-31-25(33-26(32-24)35(5)15-13-20-8-6-7-14-28-20)30-22(23(36)37)16-19-9-11-21(12-10-19)39-27(38)34(3)4/h6-12,14,18,22H,13,15-17H2,1-5H3,(H,36,37)(H2,29,30,31,32,33)/t22-/m0/s1. The molecule has 3 aromatic rings. The van der Waals surface area contributed by atoms with Crippen molar-refractivity contribution >= 4 is 29.9 Å². The molecule has 0 fully saturated rings. The van der Waals surface area contributed by atoms with Crippen LogP contribution in [0.25, 0.3) is 0 Å². The molecule has 0 unspecified atom stereocenters. The minimum Gasteiger partial charge on any atom is -0.480 e. The summed E-state index contributed by atoms with van der Waals surface area (Å²) in [5.41, 5.74) is 1.68. The zero-order valence-electron chi connectivity index (χ0n) is 23.0. The zero-order chi connectivity index (χ0) is 28.4. The summed E-state index contributed by atoms with van der Waals surface area (Å²) in [7, 11) is 5.05. The second-order valence-electron chi connectivity index (χ2n) is 9.70. The predicted octanol–water partition coefficient (Wildman–Crippen LogP) is 3.18. The molecule has 2 aromatic heterocycles. The molecular formula is C27H36N8O4. The summed E-state index contributed by atoms with van der Waals surface area (Å²) >= 11 is 0. The fourth-order valence-electron chi connectivity index (χ4n) is 3.38. The molecule has 1 amide bonds. The number of nitrogens with one attached hydrogen (secondary N) is 2. The summed E-state index contributed by atoms with van der Waals surface area (Å²) in [6.07, 6.45) is 2.11. The van der Waals surface area contributed by atoms with Gasteiger partial charge in [-0.05, 0) is 35.7 Å². The number of nitrogens with zero attached hydrogens (tertiary/aromatic N) is 6. The summed E-state index contributed by atoms with van der Waals surface area (Å²) < 4.78 is 5.23. The average Bonchev–Trinajstić information content (AvgIpc) is 2.91. The van der Waals surface area contributed by atoms with Gasteiger partial charge in [0, 0.05) is 59.0 Å². The van der Waals surface area contributed by atoms with Crippen LogP contribution in [0.2, 0.25) is 0 Å². The Morgan fingerprint density at radius 3 is 2.33 bits per heavy atom. The number of benzene rings is 1. The summed E-state index contributed by atoms with van der Waals surface area (Å²) in [6, 6.07) is 11.5. The second kappa shape index (κ2) is 13.9. The van der Waals surface area contributed by atoms with E-state index in [1.807, 2.05) is 30.1 Å². The number of aliphatic carboxylic acids is 1. The number of carbonyl (C=O) groups excluding carboxylic acids is 1. The van der Waals surface area contributed by atoms with Crippen molar-refractivity contribution in [3.63, 3.8) is 0 Å². The van der Waals surface area contributed by atoms with Gasteiger partial charge in [-0.15, -0.1) is 0 Å². The highest BCUT2D eigenvalue weighted by molar-refractivity contribution is 5.77. The number of carboxylic acids is 1. The number of hydrogen-bond donors (Lipinski definition) is 3. The molecule has 0 aliphatic carbocycles. The van der Waals surface area contributed by atoms with Crippen LogP contribution in [-0.2, 0) is 17.6 Å².